The largest absolute Gasteiger partial charge is 0.351 e. The van der Waals surface area contributed by atoms with Gasteiger partial charge in [-0.3, -0.25) is 0 Å². The number of halogens is 1. The van der Waals surface area contributed by atoms with Gasteiger partial charge < -0.3 is 15.6 Å². The van der Waals surface area contributed by atoms with Gasteiger partial charge in [-0.15, -0.1) is 10.2 Å². The third-order valence-corrected chi connectivity index (χ3v) is 5.50. The minimum Gasteiger partial charge on any atom is -0.351 e. The van der Waals surface area contributed by atoms with E-state index in [-0.39, 0.29) is 0 Å². The number of aromatic nitrogens is 3. The van der Waals surface area contributed by atoms with Crippen LogP contribution < -0.4 is 15.6 Å². The second kappa shape index (κ2) is 14.5. The topological polar surface area (TPSA) is 69.2 Å². The summed E-state index contributed by atoms with van der Waals surface area (Å²) in [6.45, 7) is 14.7. The van der Waals surface area contributed by atoms with Gasteiger partial charge in [0.05, 0.1) is 5.69 Å². The van der Waals surface area contributed by atoms with Crippen molar-refractivity contribution in [2.24, 2.45) is 0 Å². The number of hydrogen-bond acceptors (Lipinski definition) is 7. The lowest BCUT2D eigenvalue weighted by molar-refractivity contribution is 0.425. The van der Waals surface area contributed by atoms with E-state index in [1.165, 1.54) is 5.56 Å². The summed E-state index contributed by atoms with van der Waals surface area (Å²) < 4.78 is 0. The molecule has 2 heterocycles. The third kappa shape index (κ3) is 8.24. The molecule has 1 saturated heterocycles. The van der Waals surface area contributed by atoms with Crippen molar-refractivity contribution in [3.8, 4) is 11.4 Å². The summed E-state index contributed by atoms with van der Waals surface area (Å²) in [5.41, 5.74) is 7.80. The molecule has 4 rings (SSSR count). The number of anilines is 2. The standard InChI is InChI=1S/C17H24ClN7.C7H8.C2H6/c1-4-24(3)23-14-6-5-13(11-12(14)2)16-20-17(15(18)21-22-16)25-9-7-19-8-10-25;1-7-5-3-2-4-6-7;1-2/h5-6,11,19,23H,4,7-10H2,1-3H3;2-6H,1H3;1-2H3. The average molecular weight is 484 g/mol. The third-order valence-electron chi connectivity index (χ3n) is 5.26. The summed E-state index contributed by atoms with van der Waals surface area (Å²) in [5, 5.41) is 14.0. The van der Waals surface area contributed by atoms with E-state index in [0.717, 1.165) is 49.5 Å². The maximum absolute atomic E-state index is 6.23. The van der Waals surface area contributed by atoms with Crippen molar-refractivity contribution in [1.29, 1.82) is 0 Å². The first-order valence-corrected chi connectivity index (χ1v) is 12.3. The summed E-state index contributed by atoms with van der Waals surface area (Å²) in [7, 11) is 2.01. The maximum Gasteiger partial charge on any atom is 0.194 e. The molecule has 1 aromatic heterocycles. The molecule has 0 saturated carbocycles. The highest BCUT2D eigenvalue weighted by Crippen LogP contribution is 2.26. The second-order valence-corrected chi connectivity index (χ2v) is 8.16. The monoisotopic (exact) mass is 483 g/mol. The smallest absolute Gasteiger partial charge is 0.194 e. The molecule has 2 aromatic carbocycles. The van der Waals surface area contributed by atoms with Crippen LogP contribution in [0, 0.1) is 13.8 Å². The molecule has 0 radical (unpaired) electrons. The van der Waals surface area contributed by atoms with Crippen molar-refractivity contribution in [1.82, 2.24) is 25.5 Å². The van der Waals surface area contributed by atoms with E-state index >= 15 is 0 Å². The molecular weight excluding hydrogens is 446 g/mol. The number of hydrazine groups is 1. The Bertz CT molecular complexity index is 992. The Hall–Kier alpha value is -2.74. The van der Waals surface area contributed by atoms with Crippen molar-refractivity contribution in [2.45, 2.75) is 34.6 Å². The summed E-state index contributed by atoms with van der Waals surface area (Å²) in [4.78, 5) is 6.82. The summed E-state index contributed by atoms with van der Waals surface area (Å²) in [5.74, 6) is 1.30. The van der Waals surface area contributed by atoms with Crippen LogP contribution in [0.4, 0.5) is 11.5 Å². The van der Waals surface area contributed by atoms with Gasteiger partial charge in [-0.25, -0.2) is 9.99 Å². The van der Waals surface area contributed by atoms with Gasteiger partial charge in [0.25, 0.3) is 0 Å². The number of nitrogens with zero attached hydrogens (tertiary/aromatic N) is 5. The number of hydrogen-bond donors (Lipinski definition) is 2. The quantitative estimate of drug-likeness (QED) is 0.482. The Morgan fingerprint density at radius 3 is 2.26 bits per heavy atom. The molecule has 0 amide bonds. The Balaban J connectivity index is 0.000000384. The highest BCUT2D eigenvalue weighted by molar-refractivity contribution is 6.31. The zero-order valence-corrected chi connectivity index (χ0v) is 22.0. The molecule has 2 N–H and O–H groups in total. The highest BCUT2D eigenvalue weighted by Gasteiger charge is 2.18. The number of aryl methyl sites for hydroxylation is 2. The van der Waals surface area contributed by atoms with Crippen LogP contribution >= 0.6 is 11.6 Å². The first kappa shape index (κ1) is 27.5. The van der Waals surface area contributed by atoms with Crippen molar-refractivity contribution in [3.05, 3.63) is 64.8 Å². The normalized spacial score (nSPS) is 12.9. The summed E-state index contributed by atoms with van der Waals surface area (Å²) >= 11 is 6.23. The average Bonchev–Trinajstić information content (AvgIpc) is 2.88. The van der Waals surface area contributed by atoms with E-state index in [2.05, 4.69) is 69.8 Å². The Morgan fingerprint density at radius 2 is 1.71 bits per heavy atom. The summed E-state index contributed by atoms with van der Waals surface area (Å²) in [6, 6.07) is 16.4. The maximum atomic E-state index is 6.23. The van der Waals surface area contributed by atoms with Crippen molar-refractivity contribution < 1.29 is 0 Å². The van der Waals surface area contributed by atoms with E-state index in [1.807, 2.05) is 56.2 Å². The lowest BCUT2D eigenvalue weighted by Gasteiger charge is -2.28. The fraction of sp³-hybridized carbons (Fsp3) is 0.423. The van der Waals surface area contributed by atoms with Crippen molar-refractivity contribution in [3.63, 3.8) is 0 Å². The molecule has 34 heavy (non-hydrogen) atoms. The van der Waals surface area contributed by atoms with Crippen LogP contribution in [-0.2, 0) is 0 Å². The van der Waals surface area contributed by atoms with Crippen LogP contribution in [0.5, 0.6) is 0 Å². The predicted molar refractivity (Wildman–Crippen MR) is 145 cm³/mol. The van der Waals surface area contributed by atoms with Crippen molar-refractivity contribution in [2.75, 3.05) is 50.1 Å². The van der Waals surface area contributed by atoms with Gasteiger partial charge in [-0.1, -0.05) is 68.3 Å². The Labute approximate surface area is 209 Å². The molecule has 1 aliphatic heterocycles. The van der Waals surface area contributed by atoms with Gasteiger partial charge in [0.15, 0.2) is 16.8 Å². The van der Waals surface area contributed by atoms with Gasteiger partial charge in [0.2, 0.25) is 0 Å². The molecular formula is C26H38ClN7. The van der Waals surface area contributed by atoms with E-state index in [4.69, 9.17) is 11.6 Å². The molecule has 1 fully saturated rings. The van der Waals surface area contributed by atoms with E-state index in [0.29, 0.717) is 16.8 Å². The van der Waals surface area contributed by atoms with Gasteiger partial charge in [-0.2, -0.15) is 0 Å². The Morgan fingerprint density at radius 1 is 1.03 bits per heavy atom. The zero-order chi connectivity index (χ0) is 24.9. The SMILES string of the molecule is CC.CCN(C)Nc1ccc(-c2nnc(Cl)c(N3CCNCC3)n2)cc1C.Cc1ccccc1. The fourth-order valence-electron chi connectivity index (χ4n) is 3.25. The first-order chi connectivity index (χ1) is 16.5. The summed E-state index contributed by atoms with van der Waals surface area (Å²) in [6.07, 6.45) is 0. The first-order valence-electron chi connectivity index (χ1n) is 11.9. The molecule has 7 nitrogen and oxygen atoms in total. The van der Waals surface area contributed by atoms with Gasteiger partial charge >= 0.3 is 0 Å². The number of nitrogens with one attached hydrogen (secondary N) is 2. The lowest BCUT2D eigenvalue weighted by Crippen LogP contribution is -2.44. The molecule has 0 atom stereocenters. The van der Waals surface area contributed by atoms with Gasteiger partial charge in [0, 0.05) is 45.3 Å². The van der Waals surface area contributed by atoms with E-state index < -0.39 is 0 Å². The molecule has 0 spiro atoms. The number of rotatable bonds is 5. The van der Waals surface area contributed by atoms with Crippen LogP contribution in [0.25, 0.3) is 11.4 Å². The van der Waals surface area contributed by atoms with Crippen LogP contribution in [0.2, 0.25) is 5.15 Å². The molecule has 184 valence electrons. The molecule has 0 unspecified atom stereocenters. The van der Waals surface area contributed by atoms with Gasteiger partial charge in [-0.05, 0) is 37.6 Å². The van der Waals surface area contributed by atoms with Crippen LogP contribution in [0.15, 0.2) is 48.5 Å². The molecule has 0 aliphatic carbocycles. The second-order valence-electron chi connectivity index (χ2n) is 7.80. The predicted octanol–water partition coefficient (Wildman–Crippen LogP) is 5.21. The number of piperazine rings is 1. The van der Waals surface area contributed by atoms with E-state index in [9.17, 15) is 0 Å². The Kier molecular flexibility index (Phi) is 11.7. The molecule has 3 aromatic rings. The van der Waals surface area contributed by atoms with Crippen LogP contribution in [0.1, 0.15) is 31.9 Å². The fourth-order valence-corrected chi connectivity index (χ4v) is 3.45. The lowest BCUT2D eigenvalue weighted by atomic mass is 10.1. The minimum absolute atomic E-state index is 0.352. The van der Waals surface area contributed by atoms with Crippen LogP contribution in [-0.4, -0.2) is 60.0 Å². The number of benzene rings is 2. The highest BCUT2D eigenvalue weighted by atomic mass is 35.5. The van der Waals surface area contributed by atoms with Crippen LogP contribution in [0.3, 0.4) is 0 Å². The van der Waals surface area contributed by atoms with Gasteiger partial charge in [0.1, 0.15) is 0 Å². The molecule has 0 bridgehead atoms. The van der Waals surface area contributed by atoms with Crippen molar-refractivity contribution >= 4 is 23.1 Å². The molecule has 8 heteroatoms. The minimum atomic E-state index is 0.352. The molecule has 1 aliphatic rings. The van der Waals surface area contributed by atoms with E-state index in [1.54, 1.807) is 0 Å². The zero-order valence-electron chi connectivity index (χ0n) is 21.3.